The molecule has 1 saturated heterocycles. The van der Waals surface area contributed by atoms with E-state index in [1.807, 2.05) is 0 Å². The van der Waals surface area contributed by atoms with Crippen molar-refractivity contribution in [2.24, 2.45) is 5.92 Å². The maximum absolute atomic E-state index is 12.7. The number of ether oxygens (including phenoxy) is 2. The SMILES string of the molecule is CCOC(=O)C1(C(=O)OCC)CC2CCCCC2(O)N1C(C)=O. The second-order valence-corrected chi connectivity index (χ2v) is 6.18. The number of rotatable bonds is 4. The van der Waals surface area contributed by atoms with E-state index in [9.17, 15) is 19.5 Å². The van der Waals surface area contributed by atoms with E-state index in [1.54, 1.807) is 13.8 Å². The van der Waals surface area contributed by atoms with Crippen LogP contribution in [0.25, 0.3) is 0 Å². The fourth-order valence-electron chi connectivity index (χ4n) is 4.02. The second-order valence-electron chi connectivity index (χ2n) is 6.18. The largest absolute Gasteiger partial charge is 0.464 e. The Kier molecular flexibility index (Phi) is 4.98. The third-order valence-corrected chi connectivity index (χ3v) is 4.85. The molecule has 0 aromatic rings. The number of carbonyl (C=O) groups is 3. The molecule has 1 heterocycles. The molecule has 2 unspecified atom stereocenters. The summed E-state index contributed by atoms with van der Waals surface area (Å²) < 4.78 is 10.2. The van der Waals surface area contributed by atoms with Crippen LogP contribution in [0.5, 0.6) is 0 Å². The number of nitrogens with zero attached hydrogens (tertiary/aromatic N) is 1. The standard InChI is InChI=1S/C16H25NO6/c1-4-22-13(19)15(14(20)23-5-2)10-12-8-6-7-9-16(12,21)17(15)11(3)18/h12,21H,4-10H2,1-3H3. The van der Waals surface area contributed by atoms with Gasteiger partial charge in [0.05, 0.1) is 13.2 Å². The molecule has 23 heavy (non-hydrogen) atoms. The molecule has 0 spiro atoms. The van der Waals surface area contributed by atoms with Crippen LogP contribution in [-0.2, 0) is 23.9 Å². The van der Waals surface area contributed by atoms with E-state index in [1.165, 1.54) is 6.92 Å². The molecule has 2 fully saturated rings. The Hall–Kier alpha value is -1.63. The number of esters is 2. The van der Waals surface area contributed by atoms with Gasteiger partial charge in [0.15, 0.2) is 0 Å². The molecule has 0 aromatic carbocycles. The Morgan fingerprint density at radius 3 is 2.17 bits per heavy atom. The van der Waals surface area contributed by atoms with E-state index in [-0.39, 0.29) is 25.6 Å². The van der Waals surface area contributed by atoms with Crippen LogP contribution in [0.2, 0.25) is 0 Å². The summed E-state index contributed by atoms with van der Waals surface area (Å²) in [4.78, 5) is 38.6. The molecule has 1 aliphatic heterocycles. The molecule has 1 N–H and O–H groups in total. The first kappa shape index (κ1) is 17.7. The van der Waals surface area contributed by atoms with E-state index < -0.39 is 29.1 Å². The molecule has 7 nitrogen and oxygen atoms in total. The number of hydrogen-bond donors (Lipinski definition) is 1. The van der Waals surface area contributed by atoms with Crippen LogP contribution >= 0.6 is 0 Å². The summed E-state index contributed by atoms with van der Waals surface area (Å²) >= 11 is 0. The lowest BCUT2D eigenvalue weighted by Gasteiger charge is -2.43. The molecule has 2 atom stereocenters. The van der Waals surface area contributed by atoms with Crippen LogP contribution < -0.4 is 0 Å². The Labute approximate surface area is 135 Å². The van der Waals surface area contributed by atoms with Gasteiger partial charge in [-0.05, 0) is 33.1 Å². The van der Waals surface area contributed by atoms with E-state index in [4.69, 9.17) is 9.47 Å². The van der Waals surface area contributed by atoms with E-state index in [0.717, 1.165) is 17.7 Å². The normalized spacial score (nSPS) is 28.9. The summed E-state index contributed by atoms with van der Waals surface area (Å²) in [5.41, 5.74) is -3.38. The minimum absolute atomic E-state index is 0.0424. The van der Waals surface area contributed by atoms with Crippen LogP contribution in [0, 0.1) is 5.92 Å². The molecule has 130 valence electrons. The van der Waals surface area contributed by atoms with Crippen molar-refractivity contribution in [3.8, 4) is 0 Å². The van der Waals surface area contributed by atoms with Crippen molar-refractivity contribution in [2.45, 2.75) is 64.1 Å². The fraction of sp³-hybridized carbons (Fsp3) is 0.812. The molecule has 1 amide bonds. The summed E-state index contributed by atoms with van der Waals surface area (Å²) in [6.45, 7) is 4.67. The number of fused-ring (bicyclic) bond motifs is 1. The maximum atomic E-state index is 12.7. The summed E-state index contributed by atoms with van der Waals surface area (Å²) in [5.74, 6) is -2.51. The van der Waals surface area contributed by atoms with Gasteiger partial charge in [-0.25, -0.2) is 9.59 Å². The second kappa shape index (κ2) is 6.47. The number of amides is 1. The summed E-state index contributed by atoms with van der Waals surface area (Å²) in [7, 11) is 0. The van der Waals surface area contributed by atoms with Crippen molar-refractivity contribution in [3.63, 3.8) is 0 Å². The van der Waals surface area contributed by atoms with Crippen molar-refractivity contribution in [1.29, 1.82) is 0 Å². The average Bonchev–Trinajstić information content (AvgIpc) is 2.77. The van der Waals surface area contributed by atoms with Gasteiger partial charge in [-0.3, -0.25) is 9.69 Å². The molecular weight excluding hydrogens is 302 g/mol. The molecule has 7 heteroatoms. The van der Waals surface area contributed by atoms with Crippen LogP contribution in [0.1, 0.15) is 52.9 Å². The van der Waals surface area contributed by atoms with Gasteiger partial charge >= 0.3 is 11.9 Å². The highest BCUT2D eigenvalue weighted by Crippen LogP contribution is 2.52. The molecule has 1 aliphatic carbocycles. The van der Waals surface area contributed by atoms with Crippen molar-refractivity contribution >= 4 is 17.8 Å². The number of hydrogen-bond acceptors (Lipinski definition) is 6. The predicted octanol–water partition coefficient (Wildman–Crippen LogP) is 0.982. The van der Waals surface area contributed by atoms with Crippen molar-refractivity contribution < 1.29 is 29.0 Å². The van der Waals surface area contributed by atoms with Crippen molar-refractivity contribution in [1.82, 2.24) is 4.90 Å². The van der Waals surface area contributed by atoms with Crippen LogP contribution in [0.15, 0.2) is 0 Å². The average molecular weight is 327 g/mol. The molecule has 2 rings (SSSR count). The van der Waals surface area contributed by atoms with Gasteiger partial charge in [-0.1, -0.05) is 6.42 Å². The van der Waals surface area contributed by atoms with Crippen LogP contribution in [-0.4, -0.2) is 52.3 Å². The summed E-state index contributed by atoms with van der Waals surface area (Å²) in [6.07, 6.45) is 2.67. The van der Waals surface area contributed by atoms with Gasteiger partial charge in [-0.2, -0.15) is 0 Å². The topological polar surface area (TPSA) is 93.1 Å². The number of carbonyl (C=O) groups excluding carboxylic acids is 3. The van der Waals surface area contributed by atoms with Gasteiger partial charge in [0.2, 0.25) is 11.4 Å². The fourth-order valence-corrected chi connectivity index (χ4v) is 4.02. The quantitative estimate of drug-likeness (QED) is 0.611. The number of likely N-dealkylation sites (tertiary alicyclic amines) is 1. The Bertz CT molecular complexity index is 487. The van der Waals surface area contributed by atoms with Gasteiger partial charge in [-0.15, -0.1) is 0 Å². The third-order valence-electron chi connectivity index (χ3n) is 4.85. The first-order chi connectivity index (χ1) is 10.8. The third kappa shape index (κ3) is 2.60. The van der Waals surface area contributed by atoms with Crippen molar-refractivity contribution in [2.75, 3.05) is 13.2 Å². The van der Waals surface area contributed by atoms with E-state index >= 15 is 0 Å². The van der Waals surface area contributed by atoms with Gasteiger partial charge in [0.25, 0.3) is 0 Å². The minimum atomic E-state index is -1.89. The zero-order valence-corrected chi connectivity index (χ0v) is 14.0. The number of aliphatic hydroxyl groups is 1. The maximum Gasteiger partial charge on any atom is 0.344 e. The lowest BCUT2D eigenvalue weighted by atomic mass is 9.80. The molecular formula is C16H25NO6. The lowest BCUT2D eigenvalue weighted by Crippen LogP contribution is -2.65. The highest BCUT2D eigenvalue weighted by atomic mass is 16.6. The summed E-state index contributed by atoms with van der Waals surface area (Å²) in [5, 5.41) is 11.1. The molecule has 0 bridgehead atoms. The Balaban J connectivity index is 2.56. The lowest BCUT2D eigenvalue weighted by molar-refractivity contribution is -0.197. The molecule has 0 aromatic heterocycles. The first-order valence-electron chi connectivity index (χ1n) is 8.22. The van der Waals surface area contributed by atoms with Crippen LogP contribution in [0.3, 0.4) is 0 Å². The first-order valence-corrected chi connectivity index (χ1v) is 8.22. The highest BCUT2D eigenvalue weighted by molar-refractivity contribution is 6.08. The molecule has 2 aliphatic rings. The minimum Gasteiger partial charge on any atom is -0.464 e. The smallest absolute Gasteiger partial charge is 0.344 e. The molecule has 0 radical (unpaired) electrons. The zero-order chi connectivity index (χ0) is 17.3. The van der Waals surface area contributed by atoms with Gasteiger partial charge < -0.3 is 14.6 Å². The van der Waals surface area contributed by atoms with E-state index in [2.05, 4.69) is 0 Å². The predicted molar refractivity (Wildman–Crippen MR) is 80.0 cm³/mol. The van der Waals surface area contributed by atoms with Crippen molar-refractivity contribution in [3.05, 3.63) is 0 Å². The van der Waals surface area contributed by atoms with Crippen LogP contribution in [0.4, 0.5) is 0 Å². The van der Waals surface area contributed by atoms with Gasteiger partial charge in [0, 0.05) is 19.3 Å². The Morgan fingerprint density at radius 2 is 1.70 bits per heavy atom. The molecule has 1 saturated carbocycles. The monoisotopic (exact) mass is 327 g/mol. The zero-order valence-electron chi connectivity index (χ0n) is 14.0. The Morgan fingerprint density at radius 1 is 1.13 bits per heavy atom. The highest BCUT2D eigenvalue weighted by Gasteiger charge is 2.69. The van der Waals surface area contributed by atoms with Gasteiger partial charge in [0.1, 0.15) is 5.72 Å². The van der Waals surface area contributed by atoms with E-state index in [0.29, 0.717) is 12.8 Å². The summed E-state index contributed by atoms with van der Waals surface area (Å²) in [6, 6.07) is 0.